The smallest absolute Gasteiger partial charge is 0.350 e. The van der Waals surface area contributed by atoms with Crippen molar-refractivity contribution in [3.63, 3.8) is 0 Å². The fourth-order valence-corrected chi connectivity index (χ4v) is 1.99. The molecule has 0 bridgehead atoms. The number of esters is 1. The predicted molar refractivity (Wildman–Crippen MR) is 76.6 cm³/mol. The van der Waals surface area contributed by atoms with E-state index in [1.54, 1.807) is 24.3 Å². The van der Waals surface area contributed by atoms with Gasteiger partial charge in [0.05, 0.1) is 12.8 Å². The van der Waals surface area contributed by atoms with E-state index in [0.717, 1.165) is 23.1 Å². The second-order valence-electron chi connectivity index (χ2n) is 4.69. The lowest BCUT2D eigenvalue weighted by Gasteiger charge is -2.13. The van der Waals surface area contributed by atoms with Crippen LogP contribution in [0.2, 0.25) is 0 Å². The standard InChI is InChI=1S/C15H13N3O4/c1-8-4-5-10(6-9(8)2)18-13(19)12(17-15(18)21)11(7-16)14(20)22-3/h4-6H,1-3H3,(H,17,21)/b12-11-. The average Bonchev–Trinajstić information content (AvgIpc) is 2.78. The van der Waals surface area contributed by atoms with Gasteiger partial charge in [-0.1, -0.05) is 6.07 Å². The molecule has 0 aromatic heterocycles. The highest BCUT2D eigenvalue weighted by Gasteiger charge is 2.39. The number of carbonyl (C=O) groups excluding carboxylic acids is 3. The van der Waals surface area contributed by atoms with Crippen LogP contribution in [0.3, 0.4) is 0 Å². The van der Waals surface area contributed by atoms with E-state index in [9.17, 15) is 14.4 Å². The van der Waals surface area contributed by atoms with Crippen molar-refractivity contribution >= 4 is 23.6 Å². The zero-order valence-electron chi connectivity index (χ0n) is 12.3. The van der Waals surface area contributed by atoms with E-state index in [4.69, 9.17) is 5.26 Å². The number of hydrogen-bond donors (Lipinski definition) is 1. The first-order chi connectivity index (χ1) is 10.4. The molecule has 1 heterocycles. The van der Waals surface area contributed by atoms with Gasteiger partial charge in [-0.15, -0.1) is 0 Å². The zero-order chi connectivity index (χ0) is 16.4. The summed E-state index contributed by atoms with van der Waals surface area (Å²) >= 11 is 0. The Morgan fingerprint density at radius 3 is 2.50 bits per heavy atom. The Morgan fingerprint density at radius 2 is 1.95 bits per heavy atom. The maximum Gasteiger partial charge on any atom is 0.350 e. The van der Waals surface area contributed by atoms with Crippen LogP contribution in [-0.2, 0) is 14.3 Å². The van der Waals surface area contributed by atoms with Crippen LogP contribution >= 0.6 is 0 Å². The van der Waals surface area contributed by atoms with E-state index < -0.39 is 23.5 Å². The van der Waals surface area contributed by atoms with Crippen LogP contribution in [0.25, 0.3) is 0 Å². The molecule has 0 atom stereocenters. The molecule has 0 unspecified atom stereocenters. The number of benzene rings is 1. The number of urea groups is 1. The van der Waals surface area contributed by atoms with Crippen molar-refractivity contribution in [2.24, 2.45) is 0 Å². The molecule has 0 radical (unpaired) electrons. The van der Waals surface area contributed by atoms with Crippen LogP contribution in [0, 0.1) is 25.2 Å². The van der Waals surface area contributed by atoms with E-state index in [-0.39, 0.29) is 5.70 Å². The topological polar surface area (TPSA) is 99.5 Å². The molecule has 1 aliphatic rings. The summed E-state index contributed by atoms with van der Waals surface area (Å²) in [4.78, 5) is 36.8. The maximum absolute atomic E-state index is 12.4. The van der Waals surface area contributed by atoms with Gasteiger partial charge in [0.15, 0.2) is 5.57 Å². The minimum Gasteiger partial charge on any atom is -0.465 e. The molecule has 1 aromatic carbocycles. The number of hydrogen-bond acceptors (Lipinski definition) is 5. The number of nitrogens with zero attached hydrogens (tertiary/aromatic N) is 2. The summed E-state index contributed by atoms with van der Waals surface area (Å²) in [6, 6.07) is 5.93. The fraction of sp³-hybridized carbons (Fsp3) is 0.200. The second kappa shape index (κ2) is 5.69. The molecule has 112 valence electrons. The Hall–Kier alpha value is -3.14. The van der Waals surface area contributed by atoms with Crippen LogP contribution in [0.5, 0.6) is 0 Å². The van der Waals surface area contributed by atoms with Crippen molar-refractivity contribution in [2.45, 2.75) is 13.8 Å². The van der Waals surface area contributed by atoms with Crippen LogP contribution < -0.4 is 10.2 Å². The minimum absolute atomic E-state index is 0.364. The number of rotatable bonds is 2. The minimum atomic E-state index is -0.979. The van der Waals surface area contributed by atoms with Gasteiger partial charge in [-0.3, -0.25) is 4.79 Å². The Bertz CT molecular complexity index is 759. The number of ether oxygens (including phenoxy) is 1. The molecule has 1 saturated heterocycles. The van der Waals surface area contributed by atoms with Crippen LogP contribution in [0.15, 0.2) is 29.5 Å². The number of aryl methyl sites for hydroxylation is 2. The quantitative estimate of drug-likeness (QED) is 0.384. The lowest BCUT2D eigenvalue weighted by molar-refractivity contribution is -0.136. The SMILES string of the molecule is COC(=O)/C(C#N)=C1\NC(=O)N(c2ccc(C)c(C)c2)C1=O. The Labute approximate surface area is 126 Å². The molecule has 22 heavy (non-hydrogen) atoms. The first kappa shape index (κ1) is 15.3. The average molecular weight is 299 g/mol. The highest BCUT2D eigenvalue weighted by atomic mass is 16.5. The van der Waals surface area contributed by atoms with Gasteiger partial charge >= 0.3 is 12.0 Å². The predicted octanol–water partition coefficient (Wildman–Crippen LogP) is 1.31. The number of carbonyl (C=O) groups is 3. The molecule has 1 fully saturated rings. The largest absolute Gasteiger partial charge is 0.465 e. The van der Waals surface area contributed by atoms with Crippen LogP contribution in [0.4, 0.5) is 10.5 Å². The molecule has 1 N–H and O–H groups in total. The van der Waals surface area contributed by atoms with Crippen LogP contribution in [0.1, 0.15) is 11.1 Å². The van der Waals surface area contributed by atoms with E-state index in [0.29, 0.717) is 5.69 Å². The number of amides is 3. The monoisotopic (exact) mass is 299 g/mol. The Morgan fingerprint density at radius 1 is 1.27 bits per heavy atom. The number of methoxy groups -OCH3 is 1. The summed E-state index contributed by atoms with van der Waals surface area (Å²) in [5.41, 5.74) is 1.37. The van der Waals surface area contributed by atoms with Crippen molar-refractivity contribution in [3.05, 3.63) is 40.6 Å². The van der Waals surface area contributed by atoms with Gasteiger partial charge in [0, 0.05) is 0 Å². The van der Waals surface area contributed by atoms with Crippen molar-refractivity contribution in [1.29, 1.82) is 5.26 Å². The van der Waals surface area contributed by atoms with E-state index in [2.05, 4.69) is 10.1 Å². The Kier molecular flexibility index (Phi) is 3.95. The van der Waals surface area contributed by atoms with Gasteiger partial charge in [0.2, 0.25) is 0 Å². The van der Waals surface area contributed by atoms with Crippen LogP contribution in [-0.4, -0.2) is 25.0 Å². The number of imide groups is 1. The van der Waals surface area contributed by atoms with Gasteiger partial charge in [-0.25, -0.2) is 14.5 Å². The molecule has 3 amide bonds. The zero-order valence-corrected chi connectivity index (χ0v) is 12.3. The van der Waals surface area contributed by atoms with Gasteiger partial charge in [-0.05, 0) is 37.1 Å². The summed E-state index contributed by atoms with van der Waals surface area (Å²) in [6.07, 6.45) is 0. The highest BCUT2D eigenvalue weighted by Crippen LogP contribution is 2.24. The van der Waals surface area contributed by atoms with Gasteiger partial charge in [0.25, 0.3) is 5.91 Å². The number of nitrogens with one attached hydrogen (secondary N) is 1. The molecular weight excluding hydrogens is 286 g/mol. The second-order valence-corrected chi connectivity index (χ2v) is 4.69. The first-order valence-corrected chi connectivity index (χ1v) is 6.36. The highest BCUT2D eigenvalue weighted by molar-refractivity contribution is 6.28. The molecule has 7 heteroatoms. The Balaban J connectivity index is 2.49. The fourth-order valence-electron chi connectivity index (χ4n) is 1.99. The normalized spacial score (nSPS) is 16.2. The van der Waals surface area contributed by atoms with E-state index in [1.165, 1.54) is 0 Å². The summed E-state index contributed by atoms with van der Waals surface area (Å²) in [5.74, 6) is -1.75. The van der Waals surface area contributed by atoms with E-state index in [1.807, 2.05) is 13.8 Å². The maximum atomic E-state index is 12.4. The number of anilines is 1. The summed E-state index contributed by atoms with van der Waals surface area (Å²) < 4.78 is 4.43. The molecular formula is C15H13N3O4. The molecule has 0 saturated carbocycles. The molecule has 1 aromatic rings. The van der Waals surface area contributed by atoms with E-state index >= 15 is 0 Å². The summed E-state index contributed by atoms with van der Waals surface area (Å²) in [7, 11) is 1.09. The molecule has 1 aliphatic heterocycles. The van der Waals surface area contributed by atoms with Crippen molar-refractivity contribution in [3.8, 4) is 6.07 Å². The molecule has 7 nitrogen and oxygen atoms in total. The molecule has 0 aliphatic carbocycles. The summed E-state index contributed by atoms with van der Waals surface area (Å²) in [6.45, 7) is 3.75. The molecule has 2 rings (SSSR count). The lowest BCUT2D eigenvalue weighted by atomic mass is 10.1. The van der Waals surface area contributed by atoms with Crippen molar-refractivity contribution < 1.29 is 19.1 Å². The van der Waals surface area contributed by atoms with Gasteiger partial charge in [0.1, 0.15) is 11.8 Å². The lowest BCUT2D eigenvalue weighted by Crippen LogP contribution is -2.30. The van der Waals surface area contributed by atoms with Gasteiger partial charge < -0.3 is 10.1 Å². The number of nitriles is 1. The third kappa shape index (κ3) is 2.42. The molecule has 0 spiro atoms. The summed E-state index contributed by atoms with van der Waals surface area (Å²) in [5, 5.41) is 11.2. The van der Waals surface area contributed by atoms with Gasteiger partial charge in [-0.2, -0.15) is 5.26 Å². The third-order valence-electron chi connectivity index (χ3n) is 3.35. The third-order valence-corrected chi connectivity index (χ3v) is 3.35. The van der Waals surface area contributed by atoms with Crippen molar-refractivity contribution in [1.82, 2.24) is 5.32 Å². The van der Waals surface area contributed by atoms with Crippen molar-refractivity contribution in [2.75, 3.05) is 12.0 Å². The first-order valence-electron chi connectivity index (χ1n) is 6.36.